The number of aromatic nitrogens is 1. The highest BCUT2D eigenvalue weighted by atomic mass is 16.3. The van der Waals surface area contributed by atoms with Gasteiger partial charge in [-0.05, 0) is 51.2 Å². The van der Waals surface area contributed by atoms with Crippen LogP contribution in [0, 0.1) is 12.8 Å². The van der Waals surface area contributed by atoms with Gasteiger partial charge >= 0.3 is 0 Å². The number of aliphatic hydroxyl groups is 1. The molecule has 3 unspecified atom stereocenters. The van der Waals surface area contributed by atoms with Gasteiger partial charge in [-0.2, -0.15) is 0 Å². The van der Waals surface area contributed by atoms with E-state index in [1.54, 1.807) is 0 Å². The summed E-state index contributed by atoms with van der Waals surface area (Å²) in [6, 6.07) is 6.08. The molecule has 1 saturated heterocycles. The van der Waals surface area contributed by atoms with Crippen LogP contribution < -0.4 is 0 Å². The average Bonchev–Trinajstić information content (AvgIpc) is 3.06. The van der Waals surface area contributed by atoms with Gasteiger partial charge < -0.3 is 10.0 Å². The number of aryl methyl sites for hydroxylation is 1. The molecule has 1 aromatic heterocycles. The summed E-state index contributed by atoms with van der Waals surface area (Å²) in [7, 11) is 0. The third-order valence-corrected chi connectivity index (χ3v) is 4.58. The number of nitrogens with zero attached hydrogens (tertiary/aromatic N) is 2. The number of amides is 1. The minimum Gasteiger partial charge on any atom is -0.392 e. The van der Waals surface area contributed by atoms with Gasteiger partial charge in [0, 0.05) is 12.2 Å². The first kappa shape index (κ1) is 13.6. The van der Waals surface area contributed by atoms with Crippen molar-refractivity contribution in [3.63, 3.8) is 0 Å². The molecule has 0 bridgehead atoms. The van der Waals surface area contributed by atoms with E-state index in [9.17, 15) is 9.90 Å². The maximum absolute atomic E-state index is 12.7. The molecular formula is C16H22N2O2. The summed E-state index contributed by atoms with van der Waals surface area (Å²) in [6.07, 6.45) is 4.09. The molecule has 1 aliphatic heterocycles. The summed E-state index contributed by atoms with van der Waals surface area (Å²) >= 11 is 0. The molecule has 108 valence electrons. The fourth-order valence-electron chi connectivity index (χ4n) is 3.53. The molecule has 1 saturated carbocycles. The minimum atomic E-state index is -0.450. The van der Waals surface area contributed by atoms with Crippen molar-refractivity contribution in [1.82, 2.24) is 9.88 Å². The Morgan fingerprint density at radius 1 is 1.30 bits per heavy atom. The fourth-order valence-corrected chi connectivity index (χ4v) is 3.53. The number of likely N-dealkylation sites (tertiary alicyclic amines) is 1. The van der Waals surface area contributed by atoms with E-state index in [4.69, 9.17) is 0 Å². The Morgan fingerprint density at radius 3 is 2.85 bits per heavy atom. The molecule has 2 aliphatic rings. The van der Waals surface area contributed by atoms with E-state index < -0.39 is 6.10 Å². The molecule has 3 atom stereocenters. The fraction of sp³-hybridized carbons (Fsp3) is 0.625. The quantitative estimate of drug-likeness (QED) is 0.899. The van der Waals surface area contributed by atoms with Crippen molar-refractivity contribution >= 4 is 5.91 Å². The number of aliphatic hydroxyl groups excluding tert-OH is 1. The lowest BCUT2D eigenvalue weighted by atomic mass is 10.0. The second-order valence-electron chi connectivity index (χ2n) is 6.00. The largest absolute Gasteiger partial charge is 0.392 e. The third-order valence-electron chi connectivity index (χ3n) is 4.58. The molecule has 2 fully saturated rings. The summed E-state index contributed by atoms with van der Waals surface area (Å²) in [4.78, 5) is 19.2. The molecule has 0 spiro atoms. The lowest BCUT2D eigenvalue weighted by Crippen LogP contribution is -2.38. The standard InChI is InChI=1S/C16H22N2O2/c1-11-5-2-7-13(17-11)14-8-4-10-18(14)16(20)12-6-3-9-15(12)19/h2,5,7,12,14-15,19H,3-4,6,8-10H2,1H3. The van der Waals surface area contributed by atoms with Crippen molar-refractivity contribution in [2.24, 2.45) is 5.92 Å². The lowest BCUT2D eigenvalue weighted by molar-refractivity contribution is -0.139. The number of pyridine rings is 1. The van der Waals surface area contributed by atoms with Crippen LogP contribution in [0.15, 0.2) is 18.2 Å². The highest BCUT2D eigenvalue weighted by Gasteiger charge is 2.39. The van der Waals surface area contributed by atoms with E-state index in [1.165, 1.54) is 0 Å². The Bertz CT molecular complexity index is 503. The average molecular weight is 274 g/mol. The smallest absolute Gasteiger partial charge is 0.228 e. The van der Waals surface area contributed by atoms with Crippen molar-refractivity contribution < 1.29 is 9.90 Å². The molecule has 1 amide bonds. The highest BCUT2D eigenvalue weighted by Crippen LogP contribution is 2.35. The number of carbonyl (C=O) groups excluding carboxylic acids is 1. The molecule has 0 radical (unpaired) electrons. The number of carbonyl (C=O) groups is 1. The van der Waals surface area contributed by atoms with Crippen LogP contribution in [-0.2, 0) is 4.79 Å². The summed E-state index contributed by atoms with van der Waals surface area (Å²) in [6.45, 7) is 2.77. The molecule has 4 nitrogen and oxygen atoms in total. The first-order valence-electron chi connectivity index (χ1n) is 7.59. The van der Waals surface area contributed by atoms with Gasteiger partial charge in [0.1, 0.15) is 0 Å². The molecule has 1 N–H and O–H groups in total. The minimum absolute atomic E-state index is 0.0928. The Balaban J connectivity index is 1.80. The van der Waals surface area contributed by atoms with Crippen molar-refractivity contribution in [1.29, 1.82) is 0 Å². The molecule has 4 heteroatoms. The third kappa shape index (κ3) is 2.44. The van der Waals surface area contributed by atoms with E-state index >= 15 is 0 Å². The zero-order chi connectivity index (χ0) is 14.1. The van der Waals surface area contributed by atoms with Crippen molar-refractivity contribution in [2.45, 2.75) is 51.2 Å². The zero-order valence-corrected chi connectivity index (χ0v) is 12.0. The van der Waals surface area contributed by atoms with Gasteiger partial charge in [-0.1, -0.05) is 6.07 Å². The van der Waals surface area contributed by atoms with Crippen LogP contribution in [0.2, 0.25) is 0 Å². The van der Waals surface area contributed by atoms with Crippen LogP contribution in [0.4, 0.5) is 0 Å². The molecule has 3 rings (SSSR count). The van der Waals surface area contributed by atoms with Gasteiger partial charge in [0.2, 0.25) is 5.91 Å². The predicted molar refractivity (Wildman–Crippen MR) is 76.0 cm³/mol. The monoisotopic (exact) mass is 274 g/mol. The van der Waals surface area contributed by atoms with Gasteiger partial charge in [0.25, 0.3) is 0 Å². The Kier molecular flexibility index (Phi) is 3.74. The summed E-state index contributed by atoms with van der Waals surface area (Å²) in [5, 5.41) is 9.96. The number of hydrogen-bond acceptors (Lipinski definition) is 3. The number of rotatable bonds is 2. The maximum Gasteiger partial charge on any atom is 0.228 e. The van der Waals surface area contributed by atoms with Gasteiger partial charge in [0.15, 0.2) is 0 Å². The van der Waals surface area contributed by atoms with E-state index in [2.05, 4.69) is 4.98 Å². The van der Waals surface area contributed by atoms with E-state index in [-0.39, 0.29) is 17.9 Å². The van der Waals surface area contributed by atoms with Gasteiger partial charge in [-0.15, -0.1) is 0 Å². The summed E-state index contributed by atoms with van der Waals surface area (Å²) in [5.41, 5.74) is 1.98. The Morgan fingerprint density at radius 2 is 2.15 bits per heavy atom. The lowest BCUT2D eigenvalue weighted by Gasteiger charge is -2.28. The zero-order valence-electron chi connectivity index (χ0n) is 12.0. The summed E-state index contributed by atoms with van der Waals surface area (Å²) < 4.78 is 0. The van der Waals surface area contributed by atoms with Crippen LogP contribution in [0.5, 0.6) is 0 Å². The predicted octanol–water partition coefficient (Wildman–Crippen LogP) is 2.21. The second kappa shape index (κ2) is 5.52. The van der Waals surface area contributed by atoms with Crippen molar-refractivity contribution in [3.8, 4) is 0 Å². The van der Waals surface area contributed by atoms with Crippen LogP contribution in [0.3, 0.4) is 0 Å². The van der Waals surface area contributed by atoms with E-state index in [1.807, 2.05) is 30.0 Å². The van der Waals surface area contributed by atoms with Crippen molar-refractivity contribution in [3.05, 3.63) is 29.6 Å². The van der Waals surface area contributed by atoms with E-state index in [0.717, 1.165) is 50.0 Å². The molecular weight excluding hydrogens is 252 g/mol. The molecule has 20 heavy (non-hydrogen) atoms. The Hall–Kier alpha value is -1.42. The first-order chi connectivity index (χ1) is 9.66. The van der Waals surface area contributed by atoms with Crippen LogP contribution in [-0.4, -0.2) is 33.5 Å². The SMILES string of the molecule is Cc1cccc(C2CCCN2C(=O)C2CCCC2O)n1. The second-order valence-corrected chi connectivity index (χ2v) is 6.00. The molecule has 2 heterocycles. The highest BCUT2D eigenvalue weighted by molar-refractivity contribution is 5.80. The van der Waals surface area contributed by atoms with Crippen LogP contribution in [0.1, 0.15) is 49.5 Å². The van der Waals surface area contributed by atoms with E-state index in [0.29, 0.717) is 0 Å². The van der Waals surface area contributed by atoms with Crippen LogP contribution in [0.25, 0.3) is 0 Å². The molecule has 0 aromatic carbocycles. The normalized spacial score (nSPS) is 29.9. The molecule has 1 aliphatic carbocycles. The molecule has 1 aromatic rings. The topological polar surface area (TPSA) is 53.4 Å². The number of hydrogen-bond donors (Lipinski definition) is 1. The summed E-state index contributed by atoms with van der Waals surface area (Å²) in [5.74, 6) is -0.0683. The van der Waals surface area contributed by atoms with Gasteiger partial charge in [-0.3, -0.25) is 9.78 Å². The van der Waals surface area contributed by atoms with Gasteiger partial charge in [-0.25, -0.2) is 0 Å². The Labute approximate surface area is 119 Å². The van der Waals surface area contributed by atoms with Gasteiger partial charge in [0.05, 0.1) is 23.8 Å². The van der Waals surface area contributed by atoms with Crippen LogP contribution >= 0.6 is 0 Å². The maximum atomic E-state index is 12.7. The van der Waals surface area contributed by atoms with Crippen molar-refractivity contribution in [2.75, 3.05) is 6.54 Å². The first-order valence-corrected chi connectivity index (χ1v) is 7.59.